The third-order valence-corrected chi connectivity index (χ3v) is 6.47. The molecule has 0 bridgehead atoms. The Hall–Kier alpha value is -3.80. The van der Waals surface area contributed by atoms with Crippen LogP contribution in [0.1, 0.15) is 42.5 Å². The number of carbonyl (C=O) groups is 2. The van der Waals surface area contributed by atoms with Crippen molar-refractivity contribution in [2.24, 2.45) is 5.92 Å². The van der Waals surface area contributed by atoms with Gasteiger partial charge in [-0.15, -0.1) is 0 Å². The van der Waals surface area contributed by atoms with Crippen molar-refractivity contribution in [1.82, 2.24) is 10.2 Å². The molecule has 0 aliphatic rings. The number of nitrogens with one attached hydrogen (secondary N) is 1. The maximum Gasteiger partial charge on any atom is 0.243 e. The Balaban J connectivity index is 1.90. The molecule has 3 rings (SSSR count). The maximum absolute atomic E-state index is 13.8. The van der Waals surface area contributed by atoms with Gasteiger partial charge in [-0.3, -0.25) is 9.59 Å². The summed E-state index contributed by atoms with van der Waals surface area (Å²) in [4.78, 5) is 29.1. The van der Waals surface area contributed by atoms with E-state index in [1.807, 2.05) is 73.7 Å². The highest BCUT2D eigenvalue weighted by Crippen LogP contribution is 2.28. The first kappa shape index (κ1) is 28.8. The van der Waals surface area contributed by atoms with Crippen LogP contribution in [0.15, 0.2) is 72.8 Å². The number of benzene rings is 3. The van der Waals surface area contributed by atoms with Crippen LogP contribution in [0.3, 0.4) is 0 Å². The molecule has 2 amide bonds. The van der Waals surface area contributed by atoms with Crippen LogP contribution in [-0.4, -0.2) is 43.5 Å². The number of aryl methyl sites for hydroxylation is 2. The lowest BCUT2D eigenvalue weighted by Crippen LogP contribution is -2.51. The highest BCUT2D eigenvalue weighted by molar-refractivity contribution is 5.88. The molecule has 0 aromatic heterocycles. The summed E-state index contributed by atoms with van der Waals surface area (Å²) < 4.78 is 10.8. The second kappa shape index (κ2) is 14.2. The lowest BCUT2D eigenvalue weighted by atomic mass is 10.0. The topological polar surface area (TPSA) is 67.9 Å². The SMILES string of the molecule is COc1ccc(CCC(=O)N(Cc2cccc(C)c2)[C@H](Cc2ccccc2)C(=O)NCC(C)C)cc1OC. The molecule has 0 unspecified atom stereocenters. The number of hydrogen-bond donors (Lipinski definition) is 1. The number of carbonyl (C=O) groups excluding carboxylic acids is 2. The summed E-state index contributed by atoms with van der Waals surface area (Å²) in [5.41, 5.74) is 4.10. The molecule has 0 heterocycles. The van der Waals surface area contributed by atoms with E-state index in [2.05, 4.69) is 25.2 Å². The number of amides is 2. The Morgan fingerprint density at radius 3 is 2.21 bits per heavy atom. The molecule has 0 spiro atoms. The predicted molar refractivity (Wildman–Crippen MR) is 151 cm³/mol. The zero-order valence-electron chi connectivity index (χ0n) is 23.2. The van der Waals surface area contributed by atoms with Gasteiger partial charge >= 0.3 is 0 Å². The highest BCUT2D eigenvalue weighted by atomic mass is 16.5. The van der Waals surface area contributed by atoms with Gasteiger partial charge < -0.3 is 19.7 Å². The van der Waals surface area contributed by atoms with Crippen LogP contribution in [0.25, 0.3) is 0 Å². The van der Waals surface area contributed by atoms with Crippen LogP contribution >= 0.6 is 0 Å². The van der Waals surface area contributed by atoms with Crippen LogP contribution in [0.2, 0.25) is 0 Å². The Labute approximate surface area is 227 Å². The molecule has 6 nitrogen and oxygen atoms in total. The molecule has 0 saturated carbocycles. The quantitative estimate of drug-likeness (QED) is 0.332. The average molecular weight is 517 g/mol. The third kappa shape index (κ3) is 8.37. The molecular weight excluding hydrogens is 476 g/mol. The van der Waals surface area contributed by atoms with Gasteiger partial charge in [-0.2, -0.15) is 0 Å². The molecule has 0 aliphatic carbocycles. The van der Waals surface area contributed by atoms with Crippen LogP contribution < -0.4 is 14.8 Å². The van der Waals surface area contributed by atoms with Crippen molar-refractivity contribution >= 4 is 11.8 Å². The number of methoxy groups -OCH3 is 2. The number of rotatable bonds is 13. The van der Waals surface area contributed by atoms with E-state index in [4.69, 9.17) is 9.47 Å². The molecule has 1 N–H and O–H groups in total. The molecule has 38 heavy (non-hydrogen) atoms. The monoisotopic (exact) mass is 516 g/mol. The van der Waals surface area contributed by atoms with E-state index in [0.29, 0.717) is 43.3 Å². The van der Waals surface area contributed by atoms with E-state index in [-0.39, 0.29) is 18.2 Å². The average Bonchev–Trinajstić information content (AvgIpc) is 2.92. The summed E-state index contributed by atoms with van der Waals surface area (Å²) in [5, 5.41) is 3.07. The standard InChI is InChI=1S/C32H40N2O4/c1-23(2)21-33-32(36)28(19-25-11-7-6-8-12-25)34(22-27-13-9-10-24(3)18-27)31(35)17-15-26-14-16-29(37-4)30(20-26)38-5/h6-14,16,18,20,23,28H,15,17,19,21-22H2,1-5H3,(H,33,36)/t28-/m1/s1. The summed E-state index contributed by atoms with van der Waals surface area (Å²) in [5.74, 6) is 1.39. The fourth-order valence-electron chi connectivity index (χ4n) is 4.41. The predicted octanol–water partition coefficient (Wildman–Crippen LogP) is 5.36. The minimum atomic E-state index is -0.630. The van der Waals surface area contributed by atoms with E-state index in [0.717, 1.165) is 22.3 Å². The summed E-state index contributed by atoms with van der Waals surface area (Å²) in [6.07, 6.45) is 1.23. The Morgan fingerprint density at radius 2 is 1.55 bits per heavy atom. The minimum absolute atomic E-state index is 0.0677. The number of hydrogen-bond acceptors (Lipinski definition) is 4. The van der Waals surface area contributed by atoms with Crippen molar-refractivity contribution in [3.63, 3.8) is 0 Å². The van der Waals surface area contributed by atoms with E-state index >= 15 is 0 Å². The molecule has 6 heteroatoms. The second-order valence-electron chi connectivity index (χ2n) is 10.0. The van der Waals surface area contributed by atoms with Gasteiger partial charge in [0, 0.05) is 25.9 Å². The van der Waals surface area contributed by atoms with Gasteiger partial charge in [0.1, 0.15) is 6.04 Å². The third-order valence-electron chi connectivity index (χ3n) is 6.47. The molecule has 0 saturated heterocycles. The first-order chi connectivity index (χ1) is 18.3. The van der Waals surface area contributed by atoms with Crippen molar-refractivity contribution in [1.29, 1.82) is 0 Å². The highest BCUT2D eigenvalue weighted by Gasteiger charge is 2.30. The fourth-order valence-corrected chi connectivity index (χ4v) is 4.41. The lowest BCUT2D eigenvalue weighted by molar-refractivity contribution is -0.141. The fraction of sp³-hybridized carbons (Fsp3) is 0.375. The Morgan fingerprint density at radius 1 is 0.842 bits per heavy atom. The molecule has 1 atom stereocenters. The summed E-state index contributed by atoms with van der Waals surface area (Å²) in [6, 6.07) is 23.0. The zero-order chi connectivity index (χ0) is 27.5. The van der Waals surface area contributed by atoms with E-state index in [9.17, 15) is 9.59 Å². The first-order valence-electron chi connectivity index (χ1n) is 13.2. The summed E-state index contributed by atoms with van der Waals surface area (Å²) >= 11 is 0. The molecule has 3 aromatic carbocycles. The van der Waals surface area contributed by atoms with Crippen LogP contribution in [-0.2, 0) is 29.0 Å². The summed E-state index contributed by atoms with van der Waals surface area (Å²) in [7, 11) is 3.20. The van der Waals surface area contributed by atoms with Crippen molar-refractivity contribution in [3.8, 4) is 11.5 Å². The zero-order valence-corrected chi connectivity index (χ0v) is 23.2. The second-order valence-corrected chi connectivity index (χ2v) is 10.0. The van der Waals surface area contributed by atoms with Gasteiger partial charge in [-0.25, -0.2) is 0 Å². The van der Waals surface area contributed by atoms with E-state index in [1.165, 1.54) is 0 Å². The van der Waals surface area contributed by atoms with Gasteiger partial charge in [0.2, 0.25) is 11.8 Å². The van der Waals surface area contributed by atoms with Crippen molar-refractivity contribution in [2.45, 2.75) is 52.6 Å². The lowest BCUT2D eigenvalue weighted by Gasteiger charge is -2.32. The summed E-state index contributed by atoms with van der Waals surface area (Å²) in [6.45, 7) is 7.07. The van der Waals surface area contributed by atoms with E-state index < -0.39 is 6.04 Å². The molecule has 0 aliphatic heterocycles. The number of ether oxygens (including phenoxy) is 2. The van der Waals surface area contributed by atoms with Crippen LogP contribution in [0, 0.1) is 12.8 Å². The molecule has 202 valence electrons. The van der Waals surface area contributed by atoms with Gasteiger partial charge in [0.05, 0.1) is 14.2 Å². The largest absolute Gasteiger partial charge is 0.493 e. The molecule has 0 fully saturated rings. The Bertz CT molecular complexity index is 1190. The normalized spacial score (nSPS) is 11.6. The molecule has 3 aromatic rings. The smallest absolute Gasteiger partial charge is 0.243 e. The van der Waals surface area contributed by atoms with Crippen LogP contribution in [0.4, 0.5) is 0 Å². The van der Waals surface area contributed by atoms with Gasteiger partial charge in [0.15, 0.2) is 11.5 Å². The van der Waals surface area contributed by atoms with Gasteiger partial charge in [-0.1, -0.05) is 80.1 Å². The maximum atomic E-state index is 13.8. The Kier molecular flexibility index (Phi) is 10.8. The molecular formula is C32H40N2O4. The van der Waals surface area contributed by atoms with Crippen molar-refractivity contribution in [2.75, 3.05) is 20.8 Å². The van der Waals surface area contributed by atoms with Crippen molar-refractivity contribution in [3.05, 3.63) is 95.1 Å². The van der Waals surface area contributed by atoms with Crippen molar-refractivity contribution < 1.29 is 19.1 Å². The first-order valence-corrected chi connectivity index (χ1v) is 13.2. The number of nitrogens with zero attached hydrogens (tertiary/aromatic N) is 1. The van der Waals surface area contributed by atoms with Gasteiger partial charge in [-0.05, 0) is 48.1 Å². The van der Waals surface area contributed by atoms with E-state index in [1.54, 1.807) is 19.1 Å². The minimum Gasteiger partial charge on any atom is -0.493 e. The van der Waals surface area contributed by atoms with Crippen LogP contribution in [0.5, 0.6) is 11.5 Å². The van der Waals surface area contributed by atoms with Gasteiger partial charge in [0.25, 0.3) is 0 Å². The molecule has 0 radical (unpaired) electrons.